The van der Waals surface area contributed by atoms with Crippen LogP contribution in [-0.2, 0) is 5.41 Å². The van der Waals surface area contributed by atoms with Gasteiger partial charge in [-0.3, -0.25) is 0 Å². The van der Waals surface area contributed by atoms with E-state index in [-0.39, 0.29) is 5.41 Å². The molecule has 1 aliphatic carbocycles. The van der Waals surface area contributed by atoms with Crippen LogP contribution < -0.4 is 0 Å². The van der Waals surface area contributed by atoms with Crippen molar-refractivity contribution in [1.82, 2.24) is 9.13 Å². The van der Waals surface area contributed by atoms with Gasteiger partial charge in [-0.05, 0) is 82.9 Å². The zero-order valence-electron chi connectivity index (χ0n) is 26.7. The van der Waals surface area contributed by atoms with Gasteiger partial charge in [0.1, 0.15) is 11.2 Å². The molecule has 0 spiro atoms. The average Bonchev–Trinajstić information content (AvgIpc) is 3.84. The van der Waals surface area contributed by atoms with E-state index >= 15 is 0 Å². The highest BCUT2D eigenvalue weighted by atomic mass is 16.3. The summed E-state index contributed by atoms with van der Waals surface area (Å²) in [7, 11) is 0. The molecule has 0 radical (unpaired) electrons. The molecule has 0 saturated heterocycles. The van der Waals surface area contributed by atoms with Crippen LogP contribution >= 0.6 is 0 Å². The molecule has 48 heavy (non-hydrogen) atoms. The molecule has 0 saturated carbocycles. The Kier molecular flexibility index (Phi) is 4.91. The molecule has 3 heterocycles. The predicted molar refractivity (Wildman–Crippen MR) is 200 cm³/mol. The van der Waals surface area contributed by atoms with E-state index in [9.17, 15) is 0 Å². The molecule has 0 aliphatic heterocycles. The lowest BCUT2D eigenvalue weighted by Crippen LogP contribution is -2.15. The average molecular weight is 615 g/mol. The number of hydrogen-bond donors (Lipinski definition) is 0. The van der Waals surface area contributed by atoms with Crippen LogP contribution in [0.4, 0.5) is 0 Å². The summed E-state index contributed by atoms with van der Waals surface area (Å²) in [5.41, 5.74) is 14.2. The first-order valence-electron chi connectivity index (χ1n) is 16.7. The topological polar surface area (TPSA) is 23.0 Å². The predicted octanol–water partition coefficient (Wildman–Crippen LogP) is 12.1. The Morgan fingerprint density at radius 3 is 1.62 bits per heavy atom. The lowest BCUT2D eigenvalue weighted by atomic mass is 9.82. The number of para-hydroxylation sites is 3. The second-order valence-electron chi connectivity index (χ2n) is 13.7. The molecule has 0 fully saturated rings. The third-order valence-electron chi connectivity index (χ3n) is 10.9. The molecule has 0 bridgehead atoms. The Labute approximate surface area is 276 Å². The summed E-state index contributed by atoms with van der Waals surface area (Å²) in [5, 5.41) is 6.99. The van der Waals surface area contributed by atoms with E-state index in [0.29, 0.717) is 0 Å². The van der Waals surface area contributed by atoms with Gasteiger partial charge in [0.25, 0.3) is 0 Å². The minimum atomic E-state index is -0.0724. The summed E-state index contributed by atoms with van der Waals surface area (Å²) >= 11 is 0. The van der Waals surface area contributed by atoms with Gasteiger partial charge in [-0.15, -0.1) is 0 Å². The van der Waals surface area contributed by atoms with Gasteiger partial charge in [0.05, 0.1) is 32.8 Å². The number of benzene rings is 7. The Morgan fingerprint density at radius 1 is 0.417 bits per heavy atom. The molecular formula is C45H30N2O. The third kappa shape index (κ3) is 3.18. The van der Waals surface area contributed by atoms with Crippen LogP contribution in [0.2, 0.25) is 0 Å². The summed E-state index contributed by atoms with van der Waals surface area (Å²) in [6.07, 6.45) is 0. The number of nitrogens with zero attached hydrogens (tertiary/aromatic N) is 2. The van der Waals surface area contributed by atoms with E-state index in [4.69, 9.17) is 4.42 Å². The summed E-state index contributed by atoms with van der Waals surface area (Å²) in [6.45, 7) is 4.70. The van der Waals surface area contributed by atoms with Gasteiger partial charge in [0.2, 0.25) is 0 Å². The van der Waals surface area contributed by atoms with Gasteiger partial charge in [-0.1, -0.05) is 98.8 Å². The van der Waals surface area contributed by atoms with Gasteiger partial charge in [-0.25, -0.2) is 0 Å². The molecule has 0 unspecified atom stereocenters. The number of rotatable bonds is 2. The van der Waals surface area contributed by atoms with Crippen molar-refractivity contribution in [3.8, 4) is 22.5 Å². The summed E-state index contributed by atoms with van der Waals surface area (Å²) < 4.78 is 11.9. The second-order valence-corrected chi connectivity index (χ2v) is 13.7. The van der Waals surface area contributed by atoms with Crippen molar-refractivity contribution in [3.05, 3.63) is 157 Å². The summed E-state index contributed by atoms with van der Waals surface area (Å²) in [4.78, 5) is 0. The molecule has 11 rings (SSSR count). The van der Waals surface area contributed by atoms with Crippen LogP contribution in [0, 0.1) is 0 Å². The van der Waals surface area contributed by atoms with Crippen molar-refractivity contribution in [3.63, 3.8) is 0 Å². The minimum Gasteiger partial charge on any atom is -0.455 e. The number of hydrogen-bond acceptors (Lipinski definition) is 1. The van der Waals surface area contributed by atoms with E-state index in [1.165, 1.54) is 49.7 Å². The Bertz CT molecular complexity index is 2970. The van der Waals surface area contributed by atoms with Crippen LogP contribution in [0.25, 0.3) is 88.1 Å². The maximum atomic E-state index is 7.12. The van der Waals surface area contributed by atoms with Crippen LogP contribution in [0.3, 0.4) is 0 Å². The standard InChI is InChI=1S/C45H30N2O/c1-45(2)35-17-9-6-14-29(35)30-21-20-28(26-36(30)45)47-38-19-11-8-16-34(38)42-40(47)25-23-32-31-22-24-39-41(43(31)48-44(32)42)33-15-7-10-18-37(33)46(39)27-12-4-3-5-13-27/h3-26H,1-2H3. The molecule has 3 nitrogen and oxygen atoms in total. The Hall–Kier alpha value is -6.06. The fourth-order valence-electron chi connectivity index (χ4n) is 8.76. The van der Waals surface area contributed by atoms with Crippen molar-refractivity contribution in [2.24, 2.45) is 0 Å². The fourth-order valence-corrected chi connectivity index (χ4v) is 8.76. The molecule has 7 aromatic carbocycles. The molecule has 1 aliphatic rings. The van der Waals surface area contributed by atoms with E-state index < -0.39 is 0 Å². The molecule has 3 heteroatoms. The number of fused-ring (bicyclic) bond motifs is 14. The summed E-state index contributed by atoms with van der Waals surface area (Å²) in [5.74, 6) is 0. The first kappa shape index (κ1) is 26.1. The minimum absolute atomic E-state index is 0.0724. The maximum absolute atomic E-state index is 7.12. The van der Waals surface area contributed by atoms with Crippen LogP contribution in [0.5, 0.6) is 0 Å². The molecule has 10 aromatic rings. The van der Waals surface area contributed by atoms with E-state index in [0.717, 1.165) is 49.4 Å². The zero-order chi connectivity index (χ0) is 31.7. The van der Waals surface area contributed by atoms with Gasteiger partial charge in [0.15, 0.2) is 0 Å². The number of furan rings is 1. The largest absolute Gasteiger partial charge is 0.455 e. The molecule has 0 N–H and O–H groups in total. The highest BCUT2D eigenvalue weighted by Gasteiger charge is 2.35. The van der Waals surface area contributed by atoms with Crippen LogP contribution in [0.1, 0.15) is 25.0 Å². The Balaban J connectivity index is 1.22. The molecule has 0 atom stereocenters. The van der Waals surface area contributed by atoms with Crippen molar-refractivity contribution in [2.45, 2.75) is 19.3 Å². The molecule has 0 amide bonds. The third-order valence-corrected chi connectivity index (χ3v) is 10.9. The quantitative estimate of drug-likeness (QED) is 0.190. The highest BCUT2D eigenvalue weighted by Crippen LogP contribution is 2.50. The summed E-state index contributed by atoms with van der Waals surface area (Å²) in [6, 6.07) is 53.0. The Morgan fingerprint density at radius 2 is 0.958 bits per heavy atom. The highest BCUT2D eigenvalue weighted by molar-refractivity contribution is 6.29. The van der Waals surface area contributed by atoms with Crippen molar-refractivity contribution >= 4 is 65.6 Å². The SMILES string of the molecule is CC1(C)c2ccccc2-c2ccc(-n3c4ccccc4c4c5oc6c(ccc7c6c6ccccc6n7-c6ccccc6)c5ccc43)cc21. The van der Waals surface area contributed by atoms with Gasteiger partial charge in [-0.2, -0.15) is 0 Å². The lowest BCUT2D eigenvalue weighted by Gasteiger charge is -2.22. The van der Waals surface area contributed by atoms with Crippen molar-refractivity contribution < 1.29 is 4.42 Å². The van der Waals surface area contributed by atoms with Gasteiger partial charge < -0.3 is 13.6 Å². The van der Waals surface area contributed by atoms with E-state index in [2.05, 4.69) is 169 Å². The van der Waals surface area contributed by atoms with Gasteiger partial charge >= 0.3 is 0 Å². The molecule has 3 aromatic heterocycles. The molecule has 226 valence electrons. The van der Waals surface area contributed by atoms with Crippen LogP contribution in [0.15, 0.2) is 150 Å². The van der Waals surface area contributed by atoms with Crippen molar-refractivity contribution in [2.75, 3.05) is 0 Å². The lowest BCUT2D eigenvalue weighted by molar-refractivity contribution is 0.660. The molecular weight excluding hydrogens is 585 g/mol. The normalized spacial score (nSPS) is 13.8. The van der Waals surface area contributed by atoms with Gasteiger partial charge in [0, 0.05) is 38.3 Å². The van der Waals surface area contributed by atoms with Crippen LogP contribution in [-0.4, -0.2) is 9.13 Å². The van der Waals surface area contributed by atoms with E-state index in [1.54, 1.807) is 0 Å². The first-order valence-corrected chi connectivity index (χ1v) is 16.7. The number of aromatic nitrogens is 2. The maximum Gasteiger partial charge on any atom is 0.145 e. The monoisotopic (exact) mass is 614 g/mol. The fraction of sp³-hybridized carbons (Fsp3) is 0.0667. The zero-order valence-corrected chi connectivity index (χ0v) is 26.7. The second kappa shape index (κ2) is 9.05. The van der Waals surface area contributed by atoms with E-state index in [1.807, 2.05) is 0 Å². The van der Waals surface area contributed by atoms with Crippen molar-refractivity contribution in [1.29, 1.82) is 0 Å². The smallest absolute Gasteiger partial charge is 0.145 e. The first-order chi connectivity index (χ1) is 23.6.